The van der Waals surface area contributed by atoms with Gasteiger partial charge in [0.25, 0.3) is 11.6 Å². The Morgan fingerprint density at radius 1 is 1.23 bits per heavy atom. The van der Waals surface area contributed by atoms with Crippen molar-refractivity contribution in [2.75, 3.05) is 23.9 Å². The molecule has 1 aromatic heterocycles. The first-order valence-corrected chi connectivity index (χ1v) is 7.86. The number of benzene rings is 2. The van der Waals surface area contributed by atoms with Crippen LogP contribution in [0.5, 0.6) is 5.75 Å². The minimum atomic E-state index is -0.426. The summed E-state index contributed by atoms with van der Waals surface area (Å²) in [7, 11) is 1.69. The average Bonchev–Trinajstić information content (AvgIpc) is 2.65. The minimum Gasteiger partial charge on any atom is -0.482 e. The molecule has 8 nitrogen and oxygen atoms in total. The molecule has 0 bridgehead atoms. The van der Waals surface area contributed by atoms with Crippen molar-refractivity contribution in [1.82, 2.24) is 4.98 Å². The van der Waals surface area contributed by atoms with Gasteiger partial charge in [-0.15, -0.1) is 0 Å². The summed E-state index contributed by atoms with van der Waals surface area (Å²) in [5.41, 5.74) is 2.11. The molecule has 1 amide bonds. The summed E-state index contributed by atoms with van der Waals surface area (Å²) in [6, 6.07) is 10.3. The molecule has 0 saturated heterocycles. The zero-order chi connectivity index (χ0) is 18.3. The molecular weight excluding hydrogens is 336 g/mol. The van der Waals surface area contributed by atoms with Crippen molar-refractivity contribution in [3.8, 4) is 5.75 Å². The first-order chi connectivity index (χ1) is 12.5. The van der Waals surface area contributed by atoms with E-state index in [-0.39, 0.29) is 18.2 Å². The lowest BCUT2D eigenvalue weighted by Crippen LogP contribution is -2.35. The fraction of sp³-hybridized carbons (Fsp3) is 0.111. The number of anilines is 3. The van der Waals surface area contributed by atoms with E-state index in [4.69, 9.17) is 4.74 Å². The number of ether oxygens (including phenoxy) is 1. The van der Waals surface area contributed by atoms with Gasteiger partial charge in [-0.25, -0.2) is 0 Å². The van der Waals surface area contributed by atoms with E-state index >= 15 is 0 Å². The number of non-ortho nitro benzene ring substituents is 1. The summed E-state index contributed by atoms with van der Waals surface area (Å²) in [4.78, 5) is 28.1. The number of nitrogens with one attached hydrogen (secondary N) is 1. The summed E-state index contributed by atoms with van der Waals surface area (Å²) in [6.07, 6.45) is 3.07. The van der Waals surface area contributed by atoms with Gasteiger partial charge >= 0.3 is 0 Å². The number of hydrogen-bond acceptors (Lipinski definition) is 6. The number of aromatic nitrogens is 1. The van der Waals surface area contributed by atoms with Crippen LogP contribution in [-0.4, -0.2) is 29.5 Å². The molecule has 4 rings (SSSR count). The van der Waals surface area contributed by atoms with Crippen LogP contribution in [0, 0.1) is 10.1 Å². The zero-order valence-corrected chi connectivity index (χ0v) is 13.8. The molecule has 0 unspecified atom stereocenters. The summed E-state index contributed by atoms with van der Waals surface area (Å²) >= 11 is 0. The molecule has 0 radical (unpaired) electrons. The van der Waals surface area contributed by atoms with E-state index < -0.39 is 4.92 Å². The number of nitro benzene ring substituents is 1. The smallest absolute Gasteiger partial charge is 0.278 e. The lowest BCUT2D eigenvalue weighted by molar-refractivity contribution is -0.383. The maximum absolute atomic E-state index is 11.8. The van der Waals surface area contributed by atoms with Crippen molar-refractivity contribution >= 4 is 39.4 Å². The molecule has 1 N–H and O–H groups in total. The first kappa shape index (κ1) is 15.8. The van der Waals surface area contributed by atoms with Crippen LogP contribution in [-0.2, 0) is 4.79 Å². The molecule has 3 aromatic rings. The van der Waals surface area contributed by atoms with Crippen LogP contribution in [0.25, 0.3) is 10.8 Å². The van der Waals surface area contributed by atoms with Gasteiger partial charge in [-0.2, -0.15) is 0 Å². The third-order valence-electron chi connectivity index (χ3n) is 4.32. The van der Waals surface area contributed by atoms with Crippen molar-refractivity contribution in [1.29, 1.82) is 0 Å². The zero-order valence-electron chi connectivity index (χ0n) is 13.8. The summed E-state index contributed by atoms with van der Waals surface area (Å²) < 4.78 is 5.42. The molecule has 0 spiro atoms. The number of likely N-dealkylation sites (N-methyl/N-ethyl adjacent to an activating group) is 1. The number of hydrogen-bond donors (Lipinski definition) is 1. The predicted octanol–water partition coefficient (Wildman–Crippen LogP) is 3.24. The monoisotopic (exact) mass is 350 g/mol. The second-order valence-corrected chi connectivity index (χ2v) is 5.86. The third kappa shape index (κ3) is 2.57. The Hall–Kier alpha value is -3.68. The van der Waals surface area contributed by atoms with Gasteiger partial charge in [0.15, 0.2) is 6.61 Å². The molecular formula is C18H14N4O4. The van der Waals surface area contributed by atoms with Crippen molar-refractivity contribution in [2.24, 2.45) is 0 Å². The van der Waals surface area contributed by atoms with E-state index in [1.54, 1.807) is 42.4 Å². The Labute approximate surface area is 148 Å². The molecule has 0 aliphatic carbocycles. The summed E-state index contributed by atoms with van der Waals surface area (Å²) in [5, 5.41) is 15.6. The minimum absolute atomic E-state index is 0.00261. The molecule has 2 aromatic carbocycles. The summed E-state index contributed by atoms with van der Waals surface area (Å²) in [6.45, 7) is 0.0241. The van der Waals surface area contributed by atoms with E-state index in [0.29, 0.717) is 27.9 Å². The Morgan fingerprint density at radius 3 is 2.88 bits per heavy atom. The second-order valence-electron chi connectivity index (χ2n) is 5.86. The Morgan fingerprint density at radius 2 is 2.08 bits per heavy atom. The number of carbonyl (C=O) groups is 1. The molecule has 0 saturated carbocycles. The van der Waals surface area contributed by atoms with Crippen LogP contribution in [0.1, 0.15) is 0 Å². The number of carbonyl (C=O) groups excluding carboxylic acids is 1. The molecule has 26 heavy (non-hydrogen) atoms. The lowest BCUT2D eigenvalue weighted by atomic mass is 10.1. The average molecular weight is 350 g/mol. The van der Waals surface area contributed by atoms with Crippen LogP contribution >= 0.6 is 0 Å². The fourth-order valence-electron chi connectivity index (χ4n) is 2.95. The first-order valence-electron chi connectivity index (χ1n) is 7.86. The normalized spacial score (nSPS) is 13.3. The van der Waals surface area contributed by atoms with Gasteiger partial charge in [0.05, 0.1) is 16.0 Å². The molecule has 0 atom stereocenters. The number of pyridine rings is 1. The number of fused-ring (bicyclic) bond motifs is 2. The molecule has 1 aliphatic rings. The fourth-order valence-corrected chi connectivity index (χ4v) is 2.95. The molecule has 2 heterocycles. The van der Waals surface area contributed by atoms with E-state index in [2.05, 4.69) is 10.3 Å². The highest BCUT2D eigenvalue weighted by Gasteiger charge is 2.22. The predicted molar refractivity (Wildman–Crippen MR) is 97.0 cm³/mol. The number of rotatable bonds is 3. The molecule has 0 fully saturated rings. The lowest BCUT2D eigenvalue weighted by Gasteiger charge is -2.26. The Bertz CT molecular complexity index is 1050. The maximum Gasteiger partial charge on any atom is 0.278 e. The van der Waals surface area contributed by atoms with E-state index in [1.165, 1.54) is 12.3 Å². The largest absolute Gasteiger partial charge is 0.482 e. The van der Waals surface area contributed by atoms with Gasteiger partial charge in [0.2, 0.25) is 0 Å². The van der Waals surface area contributed by atoms with Crippen molar-refractivity contribution in [3.05, 3.63) is 58.9 Å². The van der Waals surface area contributed by atoms with Crippen molar-refractivity contribution < 1.29 is 14.5 Å². The van der Waals surface area contributed by atoms with Gasteiger partial charge in [0, 0.05) is 42.3 Å². The topological polar surface area (TPSA) is 97.6 Å². The SMILES string of the molecule is CN1C(=O)COc2ccc(Nc3ccc([N+](=O)[O-])c4cnccc34)cc21. The maximum atomic E-state index is 11.8. The van der Waals surface area contributed by atoms with Gasteiger partial charge in [-0.1, -0.05) is 0 Å². The van der Waals surface area contributed by atoms with Gasteiger partial charge in [-0.05, 0) is 30.3 Å². The molecule has 1 aliphatic heterocycles. The summed E-state index contributed by atoms with van der Waals surface area (Å²) in [5.74, 6) is 0.511. The van der Waals surface area contributed by atoms with E-state index in [1.807, 2.05) is 6.07 Å². The van der Waals surface area contributed by atoms with Gasteiger partial charge < -0.3 is 15.0 Å². The van der Waals surface area contributed by atoms with E-state index in [9.17, 15) is 14.9 Å². The highest BCUT2D eigenvalue weighted by atomic mass is 16.6. The number of nitrogens with zero attached hydrogens (tertiary/aromatic N) is 3. The highest BCUT2D eigenvalue weighted by molar-refractivity contribution is 6.01. The van der Waals surface area contributed by atoms with Gasteiger partial charge in [0.1, 0.15) is 5.75 Å². The standard InChI is InChI=1S/C18H14N4O4/c1-21-16-8-11(2-5-17(16)26-10-18(21)23)20-14-3-4-15(22(24)25)13-9-19-7-6-12(13)14/h2-9,20H,10H2,1H3. The highest BCUT2D eigenvalue weighted by Crippen LogP contribution is 2.36. The van der Waals surface area contributed by atoms with Gasteiger partial charge in [-0.3, -0.25) is 19.9 Å². The number of amides is 1. The number of nitro groups is 1. The molecule has 130 valence electrons. The van der Waals surface area contributed by atoms with Crippen LogP contribution < -0.4 is 15.0 Å². The van der Waals surface area contributed by atoms with Crippen molar-refractivity contribution in [2.45, 2.75) is 0 Å². The Balaban J connectivity index is 1.76. The van der Waals surface area contributed by atoms with Crippen LogP contribution in [0.15, 0.2) is 48.8 Å². The molecule has 8 heteroatoms. The Kier molecular flexibility index (Phi) is 3.65. The van der Waals surface area contributed by atoms with Crippen molar-refractivity contribution in [3.63, 3.8) is 0 Å². The second kappa shape index (κ2) is 5.99. The van der Waals surface area contributed by atoms with Crippen LogP contribution in [0.2, 0.25) is 0 Å². The third-order valence-corrected chi connectivity index (χ3v) is 4.32. The van der Waals surface area contributed by atoms with E-state index in [0.717, 1.165) is 5.69 Å². The van der Waals surface area contributed by atoms with Crippen LogP contribution in [0.4, 0.5) is 22.7 Å². The quantitative estimate of drug-likeness (QED) is 0.575. The van der Waals surface area contributed by atoms with Crippen LogP contribution in [0.3, 0.4) is 0 Å².